The van der Waals surface area contributed by atoms with E-state index in [0.717, 1.165) is 18.9 Å². The molecule has 0 N–H and O–H groups in total. The van der Waals surface area contributed by atoms with Crippen molar-refractivity contribution < 1.29 is 0 Å². The minimum atomic E-state index is 0.675. The smallest absolute Gasteiger partial charge is 0.138 e. The molecular weight excluding hydrogens is 236 g/mol. The van der Waals surface area contributed by atoms with Crippen molar-refractivity contribution in [2.45, 2.75) is 64.0 Å². The average Bonchev–Trinajstić information content (AvgIpc) is 3.02. The van der Waals surface area contributed by atoms with Gasteiger partial charge in [-0.1, -0.05) is 19.3 Å². The quantitative estimate of drug-likeness (QED) is 0.836. The Morgan fingerprint density at radius 2 is 2.00 bits per heavy atom. The largest absolute Gasteiger partial charge is 0.303 e. The lowest BCUT2D eigenvalue weighted by Gasteiger charge is -2.23. The van der Waals surface area contributed by atoms with Gasteiger partial charge in [-0.15, -0.1) is 0 Å². The number of likely N-dealkylation sites (tertiary alicyclic amines) is 1. The maximum Gasteiger partial charge on any atom is 0.138 e. The van der Waals surface area contributed by atoms with E-state index in [4.69, 9.17) is 0 Å². The third-order valence-electron chi connectivity index (χ3n) is 4.94. The first kappa shape index (κ1) is 13.1. The van der Waals surface area contributed by atoms with Crippen LogP contribution in [0.15, 0.2) is 6.33 Å². The fraction of sp³-hybridized carbons (Fsp3) is 0.867. The summed E-state index contributed by atoms with van der Waals surface area (Å²) in [5, 5.41) is 4.46. The van der Waals surface area contributed by atoms with E-state index >= 15 is 0 Å². The van der Waals surface area contributed by atoms with Crippen LogP contribution in [0.4, 0.5) is 0 Å². The predicted molar refractivity (Wildman–Crippen MR) is 76.0 cm³/mol. The summed E-state index contributed by atoms with van der Waals surface area (Å²) in [6.45, 7) is 2.33. The Kier molecular flexibility index (Phi) is 4.16. The lowest BCUT2D eigenvalue weighted by molar-refractivity contribution is 0.284. The summed E-state index contributed by atoms with van der Waals surface area (Å²) in [6.07, 6.45) is 12.4. The first-order valence-corrected chi connectivity index (χ1v) is 7.90. The Bertz CT molecular complexity index is 395. The predicted octanol–water partition coefficient (Wildman–Crippen LogP) is 2.50. The van der Waals surface area contributed by atoms with Gasteiger partial charge in [-0.2, -0.15) is 5.10 Å². The molecule has 1 saturated carbocycles. The molecular formula is C15H26N4. The van der Waals surface area contributed by atoms with Crippen molar-refractivity contribution in [1.82, 2.24) is 19.7 Å². The van der Waals surface area contributed by atoms with Gasteiger partial charge in [-0.25, -0.2) is 9.67 Å². The molecule has 1 saturated heterocycles. The molecule has 2 fully saturated rings. The van der Waals surface area contributed by atoms with Gasteiger partial charge in [0, 0.05) is 19.0 Å². The van der Waals surface area contributed by atoms with E-state index in [9.17, 15) is 0 Å². The van der Waals surface area contributed by atoms with Crippen LogP contribution in [-0.4, -0.2) is 39.3 Å². The van der Waals surface area contributed by atoms with E-state index in [1.807, 2.05) is 0 Å². The fourth-order valence-corrected chi connectivity index (χ4v) is 3.66. The van der Waals surface area contributed by atoms with E-state index in [1.165, 1.54) is 57.3 Å². The van der Waals surface area contributed by atoms with Crippen LogP contribution >= 0.6 is 0 Å². The molecule has 1 aromatic rings. The molecule has 0 radical (unpaired) electrons. The van der Waals surface area contributed by atoms with Crippen molar-refractivity contribution in [2.24, 2.45) is 5.92 Å². The molecule has 0 bridgehead atoms. The van der Waals surface area contributed by atoms with Crippen LogP contribution in [0, 0.1) is 5.92 Å². The maximum atomic E-state index is 4.50. The van der Waals surface area contributed by atoms with Crippen molar-refractivity contribution in [3.63, 3.8) is 0 Å². The van der Waals surface area contributed by atoms with Gasteiger partial charge in [0.15, 0.2) is 0 Å². The second kappa shape index (κ2) is 6.04. The first-order chi connectivity index (χ1) is 9.33. The monoisotopic (exact) mass is 262 g/mol. The van der Waals surface area contributed by atoms with Gasteiger partial charge < -0.3 is 4.90 Å². The molecule has 19 heavy (non-hydrogen) atoms. The molecule has 0 amide bonds. The van der Waals surface area contributed by atoms with Gasteiger partial charge in [0.25, 0.3) is 0 Å². The molecule has 106 valence electrons. The summed E-state index contributed by atoms with van der Waals surface area (Å²) in [5.41, 5.74) is 0. The molecule has 1 aromatic heterocycles. The highest BCUT2D eigenvalue weighted by molar-refractivity contribution is 4.93. The molecule has 4 heteroatoms. The van der Waals surface area contributed by atoms with Crippen molar-refractivity contribution >= 4 is 0 Å². The Morgan fingerprint density at radius 3 is 2.74 bits per heavy atom. The Hall–Kier alpha value is -0.900. The molecule has 1 atom stereocenters. The summed E-state index contributed by atoms with van der Waals surface area (Å²) in [5.74, 6) is 2.03. The summed E-state index contributed by atoms with van der Waals surface area (Å²) < 4.78 is 2.18. The molecule has 1 aliphatic heterocycles. The van der Waals surface area contributed by atoms with Crippen LogP contribution in [-0.2, 0) is 13.0 Å². The van der Waals surface area contributed by atoms with Crippen molar-refractivity contribution in [1.29, 1.82) is 0 Å². The molecule has 0 spiro atoms. The number of nitrogens with zero attached hydrogens (tertiary/aromatic N) is 4. The Morgan fingerprint density at radius 1 is 1.16 bits per heavy atom. The zero-order chi connectivity index (χ0) is 13.1. The highest BCUT2D eigenvalue weighted by Crippen LogP contribution is 2.25. The maximum absolute atomic E-state index is 4.50. The molecule has 1 unspecified atom stereocenters. The summed E-state index contributed by atoms with van der Waals surface area (Å²) in [6, 6.07) is 0.675. The van der Waals surface area contributed by atoms with Crippen molar-refractivity contribution in [3.8, 4) is 0 Å². The molecule has 2 aliphatic rings. The first-order valence-electron chi connectivity index (χ1n) is 7.90. The van der Waals surface area contributed by atoms with Crippen LogP contribution in [0.3, 0.4) is 0 Å². The van der Waals surface area contributed by atoms with Crippen molar-refractivity contribution in [2.75, 3.05) is 13.6 Å². The molecule has 3 rings (SSSR count). The molecule has 4 nitrogen and oxygen atoms in total. The number of hydrogen-bond acceptors (Lipinski definition) is 3. The highest BCUT2D eigenvalue weighted by Gasteiger charge is 2.24. The van der Waals surface area contributed by atoms with Gasteiger partial charge in [0.2, 0.25) is 0 Å². The average molecular weight is 262 g/mol. The summed E-state index contributed by atoms with van der Waals surface area (Å²) >= 11 is 0. The highest BCUT2D eigenvalue weighted by atomic mass is 15.3. The second-order valence-corrected chi connectivity index (χ2v) is 6.34. The SMILES string of the molecule is CN1CCCC1Cc1ncnn1CC1CCCCC1. The number of likely N-dealkylation sites (N-methyl/N-ethyl adjacent to an activating group) is 1. The fourth-order valence-electron chi connectivity index (χ4n) is 3.66. The minimum Gasteiger partial charge on any atom is -0.303 e. The lowest BCUT2D eigenvalue weighted by atomic mass is 9.89. The topological polar surface area (TPSA) is 34.0 Å². The summed E-state index contributed by atoms with van der Waals surface area (Å²) in [7, 11) is 2.24. The van der Waals surface area contributed by atoms with E-state index in [0.29, 0.717) is 6.04 Å². The van der Waals surface area contributed by atoms with Gasteiger partial charge in [-0.3, -0.25) is 0 Å². The standard InChI is InChI=1S/C15H26N4/c1-18-9-5-8-14(18)10-15-16-12-17-19(15)11-13-6-3-2-4-7-13/h12-14H,2-11H2,1H3. The van der Waals surface area contributed by atoms with Crippen molar-refractivity contribution in [3.05, 3.63) is 12.2 Å². The Balaban J connectivity index is 1.61. The number of hydrogen-bond donors (Lipinski definition) is 0. The zero-order valence-electron chi connectivity index (χ0n) is 12.1. The van der Waals surface area contributed by atoms with Gasteiger partial charge in [0.1, 0.15) is 12.2 Å². The van der Waals surface area contributed by atoms with Crippen LogP contribution in [0.5, 0.6) is 0 Å². The van der Waals surface area contributed by atoms with Gasteiger partial charge >= 0.3 is 0 Å². The molecule has 0 aromatic carbocycles. The molecule has 1 aliphatic carbocycles. The minimum absolute atomic E-state index is 0.675. The molecule has 2 heterocycles. The number of rotatable bonds is 4. The third-order valence-corrected chi connectivity index (χ3v) is 4.94. The third kappa shape index (κ3) is 3.16. The zero-order valence-corrected chi connectivity index (χ0v) is 12.1. The van der Waals surface area contributed by atoms with Crippen LogP contribution in [0.1, 0.15) is 50.8 Å². The van der Waals surface area contributed by atoms with E-state index in [2.05, 4.69) is 26.7 Å². The number of aromatic nitrogens is 3. The van der Waals surface area contributed by atoms with E-state index in [1.54, 1.807) is 6.33 Å². The van der Waals surface area contributed by atoms with E-state index < -0.39 is 0 Å². The lowest BCUT2D eigenvalue weighted by Crippen LogP contribution is -2.28. The van der Waals surface area contributed by atoms with Crippen LogP contribution < -0.4 is 0 Å². The van der Waals surface area contributed by atoms with Gasteiger partial charge in [0.05, 0.1) is 0 Å². The van der Waals surface area contributed by atoms with Crippen LogP contribution in [0.2, 0.25) is 0 Å². The second-order valence-electron chi connectivity index (χ2n) is 6.34. The summed E-state index contributed by atoms with van der Waals surface area (Å²) in [4.78, 5) is 6.98. The van der Waals surface area contributed by atoms with Crippen LogP contribution in [0.25, 0.3) is 0 Å². The van der Waals surface area contributed by atoms with E-state index in [-0.39, 0.29) is 0 Å². The Labute approximate surface area is 116 Å². The normalized spacial score (nSPS) is 26.1. The van der Waals surface area contributed by atoms with Gasteiger partial charge in [-0.05, 0) is 45.2 Å².